The summed E-state index contributed by atoms with van der Waals surface area (Å²) in [4.78, 5) is 16.5. The number of hydrogen-bond donors (Lipinski definition) is 1. The van der Waals surface area contributed by atoms with Crippen molar-refractivity contribution in [2.45, 2.75) is 26.2 Å². The van der Waals surface area contributed by atoms with Crippen molar-refractivity contribution in [3.63, 3.8) is 0 Å². The molecule has 0 bridgehead atoms. The van der Waals surface area contributed by atoms with E-state index < -0.39 is 5.97 Å². The Morgan fingerprint density at radius 3 is 2.73 bits per heavy atom. The largest absolute Gasteiger partial charge is 0.481 e. The van der Waals surface area contributed by atoms with Gasteiger partial charge in [0.2, 0.25) is 5.13 Å². The summed E-state index contributed by atoms with van der Waals surface area (Å²) < 4.78 is 4.21. The van der Waals surface area contributed by atoms with E-state index in [1.54, 1.807) is 0 Å². The van der Waals surface area contributed by atoms with Crippen LogP contribution in [0.3, 0.4) is 0 Å². The Balaban J connectivity index is 2.57. The number of hydrogen-bond acceptors (Lipinski definition) is 5. The first-order valence-electron chi connectivity index (χ1n) is 4.77. The fourth-order valence-corrected chi connectivity index (χ4v) is 1.77. The van der Waals surface area contributed by atoms with Gasteiger partial charge in [-0.05, 0) is 0 Å². The molecule has 5 nitrogen and oxygen atoms in total. The Kier molecular flexibility index (Phi) is 4.02. The minimum absolute atomic E-state index is 0.118. The van der Waals surface area contributed by atoms with Gasteiger partial charge in [0.25, 0.3) is 0 Å². The maximum atomic E-state index is 10.4. The Hall–Kier alpha value is -1.17. The SMILES string of the molecule is CC(C)c1nsc(N(C)CCC(=O)O)n1. The summed E-state index contributed by atoms with van der Waals surface area (Å²) in [6, 6.07) is 0. The molecule has 1 aromatic rings. The molecule has 0 spiro atoms. The third kappa shape index (κ3) is 3.47. The Morgan fingerprint density at radius 2 is 2.27 bits per heavy atom. The Bertz CT molecular complexity index is 338. The molecule has 0 aromatic carbocycles. The van der Waals surface area contributed by atoms with Gasteiger partial charge in [0, 0.05) is 31.0 Å². The zero-order chi connectivity index (χ0) is 11.4. The predicted molar refractivity (Wildman–Crippen MR) is 59.5 cm³/mol. The minimum Gasteiger partial charge on any atom is -0.481 e. The van der Waals surface area contributed by atoms with Crippen molar-refractivity contribution in [1.29, 1.82) is 0 Å². The van der Waals surface area contributed by atoms with Gasteiger partial charge < -0.3 is 10.0 Å². The van der Waals surface area contributed by atoms with E-state index in [-0.39, 0.29) is 6.42 Å². The highest BCUT2D eigenvalue weighted by atomic mass is 32.1. The summed E-state index contributed by atoms with van der Waals surface area (Å²) in [7, 11) is 1.83. The van der Waals surface area contributed by atoms with E-state index in [0.717, 1.165) is 11.0 Å². The molecule has 0 aliphatic heterocycles. The summed E-state index contributed by atoms with van der Waals surface area (Å²) in [5.74, 6) is 0.329. The number of aromatic nitrogens is 2. The lowest BCUT2D eigenvalue weighted by molar-refractivity contribution is -0.136. The van der Waals surface area contributed by atoms with E-state index >= 15 is 0 Å². The van der Waals surface area contributed by atoms with Crippen LogP contribution in [-0.4, -0.2) is 34.0 Å². The molecule has 0 amide bonds. The number of anilines is 1. The summed E-state index contributed by atoms with van der Waals surface area (Å²) in [5, 5.41) is 9.32. The molecule has 0 atom stereocenters. The van der Waals surface area contributed by atoms with Crippen molar-refractivity contribution in [2.75, 3.05) is 18.5 Å². The molecule has 0 aliphatic rings. The van der Waals surface area contributed by atoms with Gasteiger partial charge in [0.1, 0.15) is 5.82 Å². The van der Waals surface area contributed by atoms with Crippen LogP contribution < -0.4 is 4.90 Å². The molecule has 0 saturated heterocycles. The molecule has 1 rings (SSSR count). The third-order valence-corrected chi connectivity index (χ3v) is 2.78. The van der Waals surface area contributed by atoms with Crippen molar-refractivity contribution in [1.82, 2.24) is 9.36 Å². The van der Waals surface area contributed by atoms with Gasteiger partial charge in [0.05, 0.1) is 6.42 Å². The number of aliphatic carboxylic acids is 1. The maximum Gasteiger partial charge on any atom is 0.305 e. The van der Waals surface area contributed by atoms with Crippen LogP contribution in [0.4, 0.5) is 5.13 Å². The van der Waals surface area contributed by atoms with Crippen molar-refractivity contribution in [2.24, 2.45) is 0 Å². The molecule has 15 heavy (non-hydrogen) atoms. The molecular formula is C9H15N3O2S. The molecule has 0 radical (unpaired) electrons. The first-order valence-corrected chi connectivity index (χ1v) is 5.54. The monoisotopic (exact) mass is 229 g/mol. The first-order chi connectivity index (χ1) is 7.00. The van der Waals surface area contributed by atoms with E-state index in [1.807, 2.05) is 25.8 Å². The zero-order valence-electron chi connectivity index (χ0n) is 9.10. The Labute approximate surface area is 92.9 Å². The maximum absolute atomic E-state index is 10.4. The van der Waals surface area contributed by atoms with E-state index in [9.17, 15) is 4.79 Å². The highest BCUT2D eigenvalue weighted by Gasteiger charge is 2.11. The highest BCUT2D eigenvalue weighted by molar-refractivity contribution is 7.09. The van der Waals surface area contributed by atoms with Gasteiger partial charge in [-0.25, -0.2) is 4.98 Å². The smallest absolute Gasteiger partial charge is 0.305 e. The van der Waals surface area contributed by atoms with Crippen LogP contribution in [0.1, 0.15) is 32.0 Å². The quantitative estimate of drug-likeness (QED) is 0.830. The van der Waals surface area contributed by atoms with Gasteiger partial charge >= 0.3 is 5.97 Å². The standard InChI is InChI=1S/C9H15N3O2S/c1-6(2)8-10-9(15-11-8)12(3)5-4-7(13)14/h6H,4-5H2,1-3H3,(H,13,14). The molecule has 84 valence electrons. The molecule has 1 N–H and O–H groups in total. The predicted octanol–water partition coefficient (Wildman–Crippen LogP) is 1.57. The van der Waals surface area contributed by atoms with Crippen molar-refractivity contribution < 1.29 is 9.90 Å². The number of carboxylic acids is 1. The van der Waals surface area contributed by atoms with Gasteiger partial charge in [0.15, 0.2) is 0 Å². The molecular weight excluding hydrogens is 214 g/mol. The molecule has 6 heteroatoms. The average Bonchev–Trinajstić information content (AvgIpc) is 2.62. The molecule has 0 aliphatic carbocycles. The van der Waals surface area contributed by atoms with Crippen molar-refractivity contribution in [3.05, 3.63) is 5.82 Å². The van der Waals surface area contributed by atoms with Crippen LogP contribution in [-0.2, 0) is 4.79 Å². The highest BCUT2D eigenvalue weighted by Crippen LogP contribution is 2.20. The normalized spacial score (nSPS) is 10.7. The molecule has 1 aromatic heterocycles. The van der Waals surface area contributed by atoms with E-state index in [1.165, 1.54) is 11.5 Å². The van der Waals surface area contributed by atoms with Crippen molar-refractivity contribution >= 4 is 22.6 Å². The summed E-state index contributed by atoms with van der Waals surface area (Å²) in [6.45, 7) is 4.52. The fourth-order valence-electron chi connectivity index (χ4n) is 0.975. The van der Waals surface area contributed by atoms with E-state index in [0.29, 0.717) is 12.5 Å². The topological polar surface area (TPSA) is 66.3 Å². The summed E-state index contributed by atoms with van der Waals surface area (Å²) >= 11 is 1.31. The van der Waals surface area contributed by atoms with Gasteiger partial charge in [-0.15, -0.1) is 0 Å². The van der Waals surface area contributed by atoms with Crippen LogP contribution >= 0.6 is 11.5 Å². The fraction of sp³-hybridized carbons (Fsp3) is 0.667. The van der Waals surface area contributed by atoms with Gasteiger partial charge in [-0.3, -0.25) is 4.79 Å². The summed E-state index contributed by atoms with van der Waals surface area (Å²) in [6.07, 6.45) is 0.118. The minimum atomic E-state index is -0.796. The second-order valence-corrected chi connectivity index (χ2v) is 4.39. The van der Waals surface area contributed by atoms with Crippen LogP contribution in [0.2, 0.25) is 0 Å². The van der Waals surface area contributed by atoms with Crippen molar-refractivity contribution in [3.8, 4) is 0 Å². The molecule has 0 unspecified atom stereocenters. The average molecular weight is 229 g/mol. The molecule has 0 fully saturated rings. The third-order valence-electron chi connectivity index (χ3n) is 1.94. The Morgan fingerprint density at radius 1 is 1.60 bits per heavy atom. The number of carbonyl (C=O) groups is 1. The number of carboxylic acid groups (broad SMARTS) is 1. The second kappa shape index (κ2) is 5.06. The van der Waals surface area contributed by atoms with E-state index in [4.69, 9.17) is 5.11 Å². The zero-order valence-corrected chi connectivity index (χ0v) is 9.91. The lowest BCUT2D eigenvalue weighted by atomic mass is 10.2. The lowest BCUT2D eigenvalue weighted by Gasteiger charge is -2.12. The number of rotatable bonds is 5. The van der Waals surface area contributed by atoms with E-state index in [2.05, 4.69) is 9.36 Å². The molecule has 1 heterocycles. The lowest BCUT2D eigenvalue weighted by Crippen LogP contribution is -2.20. The number of nitrogens with zero attached hydrogens (tertiary/aromatic N) is 3. The van der Waals surface area contributed by atoms with Crippen LogP contribution in [0, 0.1) is 0 Å². The molecule has 0 saturated carbocycles. The van der Waals surface area contributed by atoms with Gasteiger partial charge in [-0.1, -0.05) is 13.8 Å². The first kappa shape index (κ1) is 11.9. The second-order valence-electron chi connectivity index (χ2n) is 3.66. The van der Waals surface area contributed by atoms with Crippen LogP contribution in [0.15, 0.2) is 0 Å². The van der Waals surface area contributed by atoms with Gasteiger partial charge in [-0.2, -0.15) is 4.37 Å². The van der Waals surface area contributed by atoms with Crippen LogP contribution in [0.25, 0.3) is 0 Å². The van der Waals surface area contributed by atoms with Crippen LogP contribution in [0.5, 0.6) is 0 Å². The summed E-state index contributed by atoms with van der Waals surface area (Å²) in [5.41, 5.74) is 0.